The van der Waals surface area contributed by atoms with Crippen molar-refractivity contribution in [3.05, 3.63) is 41.6 Å². The summed E-state index contributed by atoms with van der Waals surface area (Å²) in [5, 5.41) is 10.7. The molecule has 23 heavy (non-hydrogen) atoms. The number of amides is 1. The number of hydrogen-bond donors (Lipinski definition) is 1. The number of aromatic nitrogens is 2. The van der Waals surface area contributed by atoms with E-state index in [-0.39, 0.29) is 18.4 Å². The van der Waals surface area contributed by atoms with Gasteiger partial charge in [-0.05, 0) is 25.0 Å². The summed E-state index contributed by atoms with van der Waals surface area (Å²) >= 11 is 0. The van der Waals surface area contributed by atoms with E-state index in [0.717, 1.165) is 19.4 Å². The van der Waals surface area contributed by atoms with Crippen LogP contribution in [0.4, 0.5) is 0 Å². The third kappa shape index (κ3) is 3.68. The molecule has 0 saturated carbocycles. The Bertz CT molecular complexity index is 665. The van der Waals surface area contributed by atoms with E-state index in [9.17, 15) is 4.79 Å². The molecule has 1 N–H and O–H groups in total. The standard InChI is InChI=1S/C16H19N3O4/c1-17-15(20)12-6-2-3-7-13(12)22-10-14-18-19-16(23-14)11-5-4-8-21-9-11/h2-3,6-7,11H,4-5,8-10H2,1H3,(H,17,20). The van der Waals surface area contributed by atoms with Crippen LogP contribution in [0.2, 0.25) is 0 Å². The second kappa shape index (κ2) is 7.23. The highest BCUT2D eigenvalue weighted by molar-refractivity contribution is 5.96. The van der Waals surface area contributed by atoms with E-state index in [2.05, 4.69) is 15.5 Å². The summed E-state index contributed by atoms with van der Waals surface area (Å²) in [4.78, 5) is 11.8. The minimum absolute atomic E-state index is 0.120. The fourth-order valence-corrected chi connectivity index (χ4v) is 2.48. The van der Waals surface area contributed by atoms with Crippen molar-refractivity contribution >= 4 is 5.91 Å². The van der Waals surface area contributed by atoms with E-state index >= 15 is 0 Å². The van der Waals surface area contributed by atoms with Crippen LogP contribution in [0.15, 0.2) is 28.7 Å². The van der Waals surface area contributed by atoms with Crippen LogP contribution in [0, 0.1) is 0 Å². The Balaban J connectivity index is 1.65. The van der Waals surface area contributed by atoms with E-state index in [0.29, 0.717) is 29.7 Å². The van der Waals surface area contributed by atoms with Crippen molar-refractivity contribution < 1.29 is 18.7 Å². The summed E-state index contributed by atoms with van der Waals surface area (Å²) in [5.41, 5.74) is 0.468. The average Bonchev–Trinajstić information content (AvgIpc) is 3.09. The van der Waals surface area contributed by atoms with Gasteiger partial charge in [0, 0.05) is 13.7 Å². The number of nitrogens with one attached hydrogen (secondary N) is 1. The Morgan fingerprint density at radius 2 is 2.26 bits per heavy atom. The molecular weight excluding hydrogens is 298 g/mol. The SMILES string of the molecule is CNC(=O)c1ccccc1OCc1nnc(C2CCCOC2)o1. The lowest BCUT2D eigenvalue weighted by molar-refractivity contribution is 0.0716. The van der Waals surface area contributed by atoms with Crippen LogP contribution in [-0.2, 0) is 11.3 Å². The van der Waals surface area contributed by atoms with Gasteiger partial charge in [-0.25, -0.2) is 0 Å². The van der Waals surface area contributed by atoms with Crippen LogP contribution in [-0.4, -0.2) is 36.4 Å². The topological polar surface area (TPSA) is 86.5 Å². The van der Waals surface area contributed by atoms with Crippen molar-refractivity contribution in [3.63, 3.8) is 0 Å². The van der Waals surface area contributed by atoms with Gasteiger partial charge in [0.2, 0.25) is 5.89 Å². The molecule has 0 spiro atoms. The Labute approximate surface area is 134 Å². The lowest BCUT2D eigenvalue weighted by Gasteiger charge is -2.18. The van der Waals surface area contributed by atoms with Gasteiger partial charge in [-0.1, -0.05) is 12.1 Å². The number of rotatable bonds is 5. The van der Waals surface area contributed by atoms with Crippen LogP contribution in [0.1, 0.15) is 40.9 Å². The monoisotopic (exact) mass is 317 g/mol. The number of carbonyl (C=O) groups is 1. The number of carbonyl (C=O) groups excluding carboxylic acids is 1. The third-order valence-electron chi connectivity index (χ3n) is 3.70. The lowest BCUT2D eigenvalue weighted by atomic mass is 10.0. The van der Waals surface area contributed by atoms with Crippen LogP contribution in [0.5, 0.6) is 5.75 Å². The normalized spacial score (nSPS) is 17.7. The van der Waals surface area contributed by atoms with E-state index in [1.165, 1.54) is 0 Å². The van der Waals surface area contributed by atoms with Gasteiger partial charge >= 0.3 is 0 Å². The van der Waals surface area contributed by atoms with Crippen LogP contribution in [0.3, 0.4) is 0 Å². The fourth-order valence-electron chi connectivity index (χ4n) is 2.48. The molecule has 1 aromatic carbocycles. The van der Waals surface area contributed by atoms with Crippen molar-refractivity contribution in [2.75, 3.05) is 20.3 Å². The molecule has 1 unspecified atom stereocenters. The number of benzene rings is 1. The van der Waals surface area contributed by atoms with Gasteiger partial charge in [0.15, 0.2) is 6.61 Å². The Morgan fingerprint density at radius 3 is 3.04 bits per heavy atom. The third-order valence-corrected chi connectivity index (χ3v) is 3.70. The van der Waals surface area contributed by atoms with Gasteiger partial charge < -0.3 is 19.2 Å². The molecule has 7 heteroatoms. The van der Waals surface area contributed by atoms with E-state index in [1.807, 2.05) is 0 Å². The molecule has 1 atom stereocenters. The minimum Gasteiger partial charge on any atom is -0.483 e. The van der Waals surface area contributed by atoms with E-state index in [4.69, 9.17) is 13.9 Å². The van der Waals surface area contributed by atoms with Crippen LogP contribution in [0.25, 0.3) is 0 Å². The second-order valence-electron chi connectivity index (χ2n) is 5.31. The summed E-state index contributed by atoms with van der Waals surface area (Å²) < 4.78 is 16.7. The number of hydrogen-bond acceptors (Lipinski definition) is 6. The van der Waals surface area contributed by atoms with Gasteiger partial charge in [-0.15, -0.1) is 10.2 Å². The molecule has 1 fully saturated rings. The van der Waals surface area contributed by atoms with Gasteiger partial charge in [-0.3, -0.25) is 4.79 Å². The first-order valence-corrected chi connectivity index (χ1v) is 7.62. The molecule has 122 valence electrons. The summed E-state index contributed by atoms with van der Waals surface area (Å²) in [6, 6.07) is 7.02. The zero-order valence-electron chi connectivity index (χ0n) is 12.9. The molecule has 1 saturated heterocycles. The predicted octanol–water partition coefficient (Wildman–Crippen LogP) is 1.90. The molecule has 3 rings (SSSR count). The largest absolute Gasteiger partial charge is 0.483 e. The molecule has 0 radical (unpaired) electrons. The molecule has 7 nitrogen and oxygen atoms in total. The fraction of sp³-hybridized carbons (Fsp3) is 0.438. The van der Waals surface area contributed by atoms with Gasteiger partial charge in [-0.2, -0.15) is 0 Å². The average molecular weight is 317 g/mol. The summed E-state index contributed by atoms with van der Waals surface area (Å²) in [5.74, 6) is 1.40. The summed E-state index contributed by atoms with van der Waals surface area (Å²) in [6.07, 6.45) is 1.99. The quantitative estimate of drug-likeness (QED) is 0.906. The van der Waals surface area contributed by atoms with Gasteiger partial charge in [0.1, 0.15) is 5.75 Å². The molecule has 0 bridgehead atoms. The zero-order valence-corrected chi connectivity index (χ0v) is 12.9. The van der Waals surface area contributed by atoms with Crippen molar-refractivity contribution in [3.8, 4) is 5.75 Å². The zero-order chi connectivity index (χ0) is 16.1. The second-order valence-corrected chi connectivity index (χ2v) is 5.31. The van der Waals surface area contributed by atoms with Crippen LogP contribution < -0.4 is 10.1 Å². The Morgan fingerprint density at radius 1 is 1.39 bits per heavy atom. The highest BCUT2D eigenvalue weighted by Gasteiger charge is 2.22. The van der Waals surface area contributed by atoms with Gasteiger partial charge in [0.25, 0.3) is 11.8 Å². The first kappa shape index (κ1) is 15.5. The van der Waals surface area contributed by atoms with E-state index in [1.54, 1.807) is 31.3 Å². The summed E-state index contributed by atoms with van der Waals surface area (Å²) in [7, 11) is 1.58. The highest BCUT2D eigenvalue weighted by atomic mass is 16.5. The lowest BCUT2D eigenvalue weighted by Crippen LogP contribution is -2.18. The predicted molar refractivity (Wildman–Crippen MR) is 81.3 cm³/mol. The molecule has 2 aromatic rings. The maximum Gasteiger partial charge on any atom is 0.254 e. The Kier molecular flexibility index (Phi) is 4.87. The first-order chi connectivity index (χ1) is 11.3. The first-order valence-electron chi connectivity index (χ1n) is 7.62. The molecule has 0 aliphatic carbocycles. The molecule has 1 aliphatic heterocycles. The molecule has 1 aromatic heterocycles. The van der Waals surface area contributed by atoms with Crippen LogP contribution >= 0.6 is 0 Å². The molecule has 1 amide bonds. The van der Waals surface area contributed by atoms with Crippen molar-refractivity contribution in [2.24, 2.45) is 0 Å². The van der Waals surface area contributed by atoms with Gasteiger partial charge in [0.05, 0.1) is 18.1 Å². The smallest absolute Gasteiger partial charge is 0.254 e. The maximum absolute atomic E-state index is 11.8. The molecule has 1 aliphatic rings. The number of nitrogens with zero attached hydrogens (tertiary/aromatic N) is 2. The highest BCUT2D eigenvalue weighted by Crippen LogP contribution is 2.25. The number of para-hydroxylation sites is 1. The minimum atomic E-state index is -0.203. The molecule has 2 heterocycles. The van der Waals surface area contributed by atoms with Crippen molar-refractivity contribution in [2.45, 2.75) is 25.4 Å². The maximum atomic E-state index is 11.8. The number of ether oxygens (including phenoxy) is 2. The van der Waals surface area contributed by atoms with E-state index < -0.39 is 0 Å². The summed E-state index contributed by atoms with van der Waals surface area (Å²) in [6.45, 7) is 1.52. The molecular formula is C16H19N3O4. The Hall–Kier alpha value is -2.41. The van der Waals surface area contributed by atoms with Crippen molar-refractivity contribution in [1.29, 1.82) is 0 Å². The van der Waals surface area contributed by atoms with Crippen molar-refractivity contribution in [1.82, 2.24) is 15.5 Å².